The number of halogens is 1. The van der Waals surface area contributed by atoms with E-state index in [1.807, 2.05) is 18.2 Å². The third kappa shape index (κ3) is 3.82. The van der Waals surface area contributed by atoms with Gasteiger partial charge in [-0.15, -0.1) is 0 Å². The van der Waals surface area contributed by atoms with Crippen molar-refractivity contribution in [2.24, 2.45) is 0 Å². The van der Waals surface area contributed by atoms with Crippen LogP contribution >= 0.6 is 15.9 Å². The van der Waals surface area contributed by atoms with Crippen molar-refractivity contribution in [3.8, 4) is 0 Å². The van der Waals surface area contributed by atoms with E-state index in [1.54, 1.807) is 0 Å². The van der Waals surface area contributed by atoms with Gasteiger partial charge in [0.25, 0.3) is 0 Å². The predicted molar refractivity (Wildman–Crippen MR) is 73.7 cm³/mol. The Hall–Kier alpha value is -0.870. The first-order valence-corrected chi connectivity index (χ1v) is 6.51. The maximum Gasteiger partial charge on any atom is 0.152 e. The minimum atomic E-state index is 0.163. The van der Waals surface area contributed by atoms with Crippen LogP contribution in [-0.2, 0) is 0 Å². The largest absolute Gasteiger partial charge is 0.396 e. The van der Waals surface area contributed by atoms with Gasteiger partial charge in [-0.3, -0.25) is 4.79 Å². The number of rotatable bonds is 6. The molecular formula is C13H18BrNO2. The van der Waals surface area contributed by atoms with Gasteiger partial charge in [0, 0.05) is 34.9 Å². The fraction of sp³-hybridized carbons (Fsp3) is 0.462. The van der Waals surface area contributed by atoms with Gasteiger partial charge in [0.15, 0.2) is 6.29 Å². The summed E-state index contributed by atoms with van der Waals surface area (Å²) in [6.07, 6.45) is 1.57. The molecule has 4 heteroatoms. The van der Waals surface area contributed by atoms with Crippen LogP contribution in [0.5, 0.6) is 0 Å². The normalized spacial score (nSPS) is 10.6. The molecule has 0 aliphatic heterocycles. The molecule has 0 spiro atoms. The Kier molecular flexibility index (Phi) is 5.65. The van der Waals surface area contributed by atoms with Crippen LogP contribution < -0.4 is 4.90 Å². The Labute approximate surface area is 111 Å². The molecule has 0 aromatic heterocycles. The van der Waals surface area contributed by atoms with Crippen molar-refractivity contribution < 1.29 is 9.90 Å². The van der Waals surface area contributed by atoms with Crippen LogP contribution in [0, 0.1) is 0 Å². The Morgan fingerprint density at radius 1 is 1.47 bits per heavy atom. The number of hydrogen-bond acceptors (Lipinski definition) is 3. The topological polar surface area (TPSA) is 40.5 Å². The molecule has 0 radical (unpaired) electrons. The van der Waals surface area contributed by atoms with Gasteiger partial charge in [-0.05, 0) is 38.5 Å². The third-order valence-corrected chi connectivity index (χ3v) is 3.10. The first kappa shape index (κ1) is 14.2. The van der Waals surface area contributed by atoms with Gasteiger partial charge in [-0.2, -0.15) is 0 Å². The van der Waals surface area contributed by atoms with E-state index in [2.05, 4.69) is 34.7 Å². The Balaban J connectivity index is 3.04. The summed E-state index contributed by atoms with van der Waals surface area (Å²) in [4.78, 5) is 13.2. The summed E-state index contributed by atoms with van der Waals surface area (Å²) in [5.74, 6) is 0. The summed E-state index contributed by atoms with van der Waals surface area (Å²) >= 11 is 3.36. The predicted octanol–water partition coefficient (Wildman–Crippen LogP) is 2.86. The highest BCUT2D eigenvalue weighted by Crippen LogP contribution is 2.25. The van der Waals surface area contributed by atoms with Gasteiger partial charge in [-0.1, -0.05) is 15.9 Å². The molecule has 1 rings (SSSR count). The van der Waals surface area contributed by atoms with Crippen LogP contribution in [-0.4, -0.2) is 30.6 Å². The highest BCUT2D eigenvalue weighted by Gasteiger charge is 2.14. The molecule has 0 aliphatic rings. The van der Waals surface area contributed by atoms with Gasteiger partial charge >= 0.3 is 0 Å². The van der Waals surface area contributed by atoms with E-state index in [1.165, 1.54) is 0 Å². The van der Waals surface area contributed by atoms with Crippen molar-refractivity contribution in [2.45, 2.75) is 26.3 Å². The SMILES string of the molecule is CC(C)N(CCCO)c1ccc(Br)cc1C=O. The van der Waals surface area contributed by atoms with E-state index >= 15 is 0 Å². The second-order valence-electron chi connectivity index (χ2n) is 4.19. The number of carbonyl (C=O) groups is 1. The summed E-state index contributed by atoms with van der Waals surface area (Å²) in [6, 6.07) is 5.97. The molecule has 0 atom stereocenters. The number of aliphatic hydroxyl groups excluding tert-OH is 1. The molecule has 1 aromatic carbocycles. The summed E-state index contributed by atoms with van der Waals surface area (Å²) in [5, 5.41) is 8.91. The molecule has 0 heterocycles. The minimum absolute atomic E-state index is 0.163. The quantitative estimate of drug-likeness (QED) is 0.821. The van der Waals surface area contributed by atoms with E-state index in [-0.39, 0.29) is 6.61 Å². The smallest absolute Gasteiger partial charge is 0.152 e. The van der Waals surface area contributed by atoms with E-state index in [0.29, 0.717) is 18.0 Å². The average molecular weight is 300 g/mol. The summed E-state index contributed by atoms with van der Waals surface area (Å²) in [6.45, 7) is 5.06. The number of aliphatic hydroxyl groups is 1. The molecule has 0 aliphatic carbocycles. The van der Waals surface area contributed by atoms with E-state index in [9.17, 15) is 4.79 Å². The first-order valence-electron chi connectivity index (χ1n) is 5.72. The zero-order valence-electron chi connectivity index (χ0n) is 10.2. The molecule has 1 aromatic rings. The Bertz CT molecular complexity index is 380. The summed E-state index contributed by atoms with van der Waals surface area (Å²) in [5.41, 5.74) is 1.60. The minimum Gasteiger partial charge on any atom is -0.396 e. The lowest BCUT2D eigenvalue weighted by molar-refractivity contribution is 0.112. The molecule has 1 N–H and O–H groups in total. The molecular weight excluding hydrogens is 282 g/mol. The Morgan fingerprint density at radius 2 is 2.18 bits per heavy atom. The van der Waals surface area contributed by atoms with E-state index < -0.39 is 0 Å². The molecule has 0 saturated carbocycles. The second kappa shape index (κ2) is 6.77. The molecule has 3 nitrogen and oxygen atoms in total. The van der Waals surface area contributed by atoms with Crippen LogP contribution in [0.3, 0.4) is 0 Å². The van der Waals surface area contributed by atoms with Crippen molar-refractivity contribution in [3.63, 3.8) is 0 Å². The number of hydrogen-bond donors (Lipinski definition) is 1. The van der Waals surface area contributed by atoms with Gasteiger partial charge in [0.2, 0.25) is 0 Å². The van der Waals surface area contributed by atoms with Crippen LogP contribution in [0.4, 0.5) is 5.69 Å². The van der Waals surface area contributed by atoms with Crippen molar-refractivity contribution in [1.82, 2.24) is 0 Å². The molecule has 94 valence electrons. The zero-order chi connectivity index (χ0) is 12.8. The van der Waals surface area contributed by atoms with Crippen LogP contribution in [0.2, 0.25) is 0 Å². The molecule has 0 amide bonds. The number of nitrogens with zero attached hydrogens (tertiary/aromatic N) is 1. The highest BCUT2D eigenvalue weighted by atomic mass is 79.9. The highest BCUT2D eigenvalue weighted by molar-refractivity contribution is 9.10. The van der Waals surface area contributed by atoms with E-state index in [0.717, 1.165) is 23.0 Å². The standard InChI is InChI=1S/C13H18BrNO2/c1-10(2)15(6-3-7-16)13-5-4-12(14)8-11(13)9-17/h4-5,8-10,16H,3,6-7H2,1-2H3. The summed E-state index contributed by atoms with van der Waals surface area (Å²) < 4.78 is 0.897. The van der Waals surface area contributed by atoms with Gasteiger partial charge in [-0.25, -0.2) is 0 Å². The molecule has 0 unspecified atom stereocenters. The van der Waals surface area contributed by atoms with Crippen LogP contribution in [0.1, 0.15) is 30.6 Å². The number of aldehydes is 1. The average Bonchev–Trinajstić information content (AvgIpc) is 2.30. The van der Waals surface area contributed by atoms with Crippen molar-refractivity contribution in [1.29, 1.82) is 0 Å². The van der Waals surface area contributed by atoms with Gasteiger partial charge in [0.1, 0.15) is 0 Å². The fourth-order valence-electron chi connectivity index (χ4n) is 1.78. The fourth-order valence-corrected chi connectivity index (χ4v) is 2.16. The number of benzene rings is 1. The maximum absolute atomic E-state index is 11.1. The van der Waals surface area contributed by atoms with Crippen molar-refractivity contribution in [2.75, 3.05) is 18.1 Å². The van der Waals surface area contributed by atoms with Gasteiger partial charge in [0.05, 0.1) is 0 Å². The van der Waals surface area contributed by atoms with Crippen LogP contribution in [0.15, 0.2) is 22.7 Å². The van der Waals surface area contributed by atoms with Crippen molar-refractivity contribution >= 4 is 27.9 Å². The maximum atomic E-state index is 11.1. The monoisotopic (exact) mass is 299 g/mol. The van der Waals surface area contributed by atoms with E-state index in [4.69, 9.17) is 5.11 Å². The lowest BCUT2D eigenvalue weighted by Gasteiger charge is -2.30. The number of anilines is 1. The lowest BCUT2D eigenvalue weighted by atomic mass is 10.1. The lowest BCUT2D eigenvalue weighted by Crippen LogP contribution is -2.33. The van der Waals surface area contributed by atoms with Crippen molar-refractivity contribution in [3.05, 3.63) is 28.2 Å². The molecule has 0 bridgehead atoms. The summed E-state index contributed by atoms with van der Waals surface area (Å²) in [7, 11) is 0. The third-order valence-electron chi connectivity index (χ3n) is 2.61. The molecule has 17 heavy (non-hydrogen) atoms. The zero-order valence-corrected chi connectivity index (χ0v) is 11.8. The second-order valence-corrected chi connectivity index (χ2v) is 5.10. The van der Waals surface area contributed by atoms with Gasteiger partial charge < -0.3 is 10.0 Å². The first-order chi connectivity index (χ1) is 8.10. The number of carbonyl (C=O) groups excluding carboxylic acids is 1. The van der Waals surface area contributed by atoms with Crippen LogP contribution in [0.25, 0.3) is 0 Å². The molecule has 0 saturated heterocycles. The Morgan fingerprint density at radius 3 is 2.71 bits per heavy atom. The molecule has 0 fully saturated rings.